The minimum absolute atomic E-state index is 0.0626. The average molecular weight is 280 g/mol. The van der Waals surface area contributed by atoms with Crippen LogP contribution >= 0.6 is 0 Å². The number of fused-ring (bicyclic) bond motifs is 1. The maximum Gasteiger partial charge on any atom is 0.174 e. The van der Waals surface area contributed by atoms with Crippen molar-refractivity contribution in [3.63, 3.8) is 0 Å². The van der Waals surface area contributed by atoms with E-state index in [4.69, 9.17) is 9.47 Å². The second-order valence-electron chi connectivity index (χ2n) is 5.60. The molecular formula is C14H16O4S. The number of ether oxygens (including phenoxy) is 2. The Labute approximate surface area is 112 Å². The summed E-state index contributed by atoms with van der Waals surface area (Å²) in [4.78, 5) is 0. The van der Waals surface area contributed by atoms with Gasteiger partial charge in [0.2, 0.25) is 0 Å². The highest BCUT2D eigenvalue weighted by Gasteiger charge is 2.74. The summed E-state index contributed by atoms with van der Waals surface area (Å²) in [5.74, 6) is -0.705. The van der Waals surface area contributed by atoms with Crippen LogP contribution in [0.5, 0.6) is 0 Å². The fourth-order valence-electron chi connectivity index (χ4n) is 3.69. The second kappa shape index (κ2) is 3.81. The van der Waals surface area contributed by atoms with Crippen molar-refractivity contribution in [2.24, 2.45) is 5.92 Å². The van der Waals surface area contributed by atoms with Crippen molar-refractivity contribution >= 4 is 9.84 Å². The van der Waals surface area contributed by atoms with Crippen molar-refractivity contribution in [2.45, 2.75) is 29.1 Å². The van der Waals surface area contributed by atoms with Crippen LogP contribution in [0.15, 0.2) is 30.3 Å². The SMILES string of the molecule is O=S1(=O)[C@@H]2[C@H]1CC1(OCCO1)[C@H]2Cc1ccccc1. The van der Waals surface area contributed by atoms with Gasteiger partial charge in [-0.3, -0.25) is 0 Å². The summed E-state index contributed by atoms with van der Waals surface area (Å²) in [6, 6.07) is 9.99. The molecule has 1 aromatic rings. The Hall–Kier alpha value is -0.910. The molecule has 0 unspecified atom stereocenters. The van der Waals surface area contributed by atoms with Crippen molar-refractivity contribution in [2.75, 3.05) is 13.2 Å². The molecule has 102 valence electrons. The van der Waals surface area contributed by atoms with E-state index in [9.17, 15) is 8.42 Å². The molecule has 1 aliphatic carbocycles. The van der Waals surface area contributed by atoms with Gasteiger partial charge in [0.15, 0.2) is 15.6 Å². The minimum Gasteiger partial charge on any atom is -0.347 e. The van der Waals surface area contributed by atoms with E-state index < -0.39 is 15.6 Å². The van der Waals surface area contributed by atoms with E-state index in [1.54, 1.807) is 0 Å². The molecule has 0 bridgehead atoms. The highest BCUT2D eigenvalue weighted by molar-refractivity contribution is 8.00. The lowest BCUT2D eigenvalue weighted by Crippen LogP contribution is -2.40. The Balaban J connectivity index is 1.66. The molecule has 2 aliphatic heterocycles. The van der Waals surface area contributed by atoms with Gasteiger partial charge < -0.3 is 9.47 Å². The van der Waals surface area contributed by atoms with E-state index in [0.29, 0.717) is 26.1 Å². The molecule has 0 amide bonds. The number of benzene rings is 1. The van der Waals surface area contributed by atoms with Crippen molar-refractivity contribution in [1.82, 2.24) is 0 Å². The first-order valence-electron chi connectivity index (χ1n) is 6.68. The Morgan fingerprint density at radius 1 is 1.16 bits per heavy atom. The van der Waals surface area contributed by atoms with Crippen molar-refractivity contribution in [3.05, 3.63) is 35.9 Å². The molecule has 1 aromatic carbocycles. The molecule has 3 fully saturated rings. The van der Waals surface area contributed by atoms with Gasteiger partial charge in [-0.05, 0) is 12.0 Å². The quantitative estimate of drug-likeness (QED) is 0.763. The van der Waals surface area contributed by atoms with Crippen LogP contribution < -0.4 is 0 Å². The first kappa shape index (κ1) is 11.9. The van der Waals surface area contributed by atoms with Crippen LogP contribution in [-0.4, -0.2) is 37.9 Å². The summed E-state index contributed by atoms with van der Waals surface area (Å²) in [6.45, 7) is 1.15. The minimum atomic E-state index is -2.89. The third-order valence-electron chi connectivity index (χ3n) is 4.61. The van der Waals surface area contributed by atoms with Crippen LogP contribution in [0, 0.1) is 5.92 Å². The topological polar surface area (TPSA) is 52.6 Å². The van der Waals surface area contributed by atoms with Crippen molar-refractivity contribution < 1.29 is 17.9 Å². The van der Waals surface area contributed by atoms with Crippen LogP contribution in [-0.2, 0) is 25.7 Å². The van der Waals surface area contributed by atoms with Crippen LogP contribution in [0.1, 0.15) is 12.0 Å². The molecule has 2 saturated heterocycles. The summed E-state index contributed by atoms with van der Waals surface area (Å²) in [7, 11) is -2.89. The molecule has 3 atom stereocenters. The van der Waals surface area contributed by atoms with E-state index in [1.807, 2.05) is 30.3 Å². The molecule has 3 aliphatic rings. The van der Waals surface area contributed by atoms with Crippen LogP contribution in [0.2, 0.25) is 0 Å². The third kappa shape index (κ3) is 1.61. The fourth-order valence-corrected chi connectivity index (χ4v) is 6.16. The molecule has 5 heteroatoms. The molecule has 4 rings (SSSR count). The largest absolute Gasteiger partial charge is 0.347 e. The normalized spacial score (nSPS) is 37.4. The monoisotopic (exact) mass is 280 g/mol. The van der Waals surface area contributed by atoms with Gasteiger partial charge in [0, 0.05) is 12.3 Å². The van der Waals surface area contributed by atoms with E-state index in [2.05, 4.69) is 0 Å². The van der Waals surface area contributed by atoms with Crippen molar-refractivity contribution in [1.29, 1.82) is 0 Å². The van der Waals surface area contributed by atoms with Gasteiger partial charge in [0.05, 0.1) is 23.7 Å². The molecule has 0 N–H and O–H groups in total. The van der Waals surface area contributed by atoms with Crippen LogP contribution in [0.3, 0.4) is 0 Å². The van der Waals surface area contributed by atoms with Gasteiger partial charge >= 0.3 is 0 Å². The molecule has 0 aromatic heterocycles. The fraction of sp³-hybridized carbons (Fsp3) is 0.571. The highest BCUT2D eigenvalue weighted by Crippen LogP contribution is 2.58. The molecule has 1 spiro atoms. The summed E-state index contributed by atoms with van der Waals surface area (Å²) in [6.07, 6.45) is 1.22. The summed E-state index contributed by atoms with van der Waals surface area (Å²) >= 11 is 0. The van der Waals surface area contributed by atoms with Gasteiger partial charge in [0.1, 0.15) is 0 Å². The van der Waals surface area contributed by atoms with Gasteiger partial charge in [-0.15, -0.1) is 0 Å². The number of sulfone groups is 1. The summed E-state index contributed by atoms with van der Waals surface area (Å²) in [5, 5.41) is -0.495. The van der Waals surface area contributed by atoms with Gasteiger partial charge in [-0.2, -0.15) is 0 Å². The third-order valence-corrected chi connectivity index (χ3v) is 7.02. The molecule has 4 nitrogen and oxygen atoms in total. The number of rotatable bonds is 2. The average Bonchev–Trinajstić information content (AvgIpc) is 2.80. The van der Waals surface area contributed by atoms with E-state index in [0.717, 1.165) is 5.56 Å². The Kier molecular flexibility index (Phi) is 2.38. The standard InChI is InChI=1S/C14H16O4S/c15-19(16)12-9-14(17-6-7-18-14)11(13(12)19)8-10-4-2-1-3-5-10/h1-5,11-13H,6-9H2/t11-,12+,13-/m0/s1. The first-order chi connectivity index (χ1) is 9.13. The zero-order valence-corrected chi connectivity index (χ0v) is 11.3. The Bertz CT molecular complexity index is 589. The molecule has 19 heavy (non-hydrogen) atoms. The highest BCUT2D eigenvalue weighted by atomic mass is 32.2. The lowest BCUT2D eigenvalue weighted by atomic mass is 9.93. The maximum atomic E-state index is 11.9. The number of hydrogen-bond donors (Lipinski definition) is 0. The van der Waals surface area contributed by atoms with Crippen LogP contribution in [0.4, 0.5) is 0 Å². The first-order valence-corrected chi connectivity index (χ1v) is 8.29. The van der Waals surface area contributed by atoms with Crippen molar-refractivity contribution in [3.8, 4) is 0 Å². The van der Waals surface area contributed by atoms with Crippen LogP contribution in [0.25, 0.3) is 0 Å². The lowest BCUT2D eigenvalue weighted by Gasteiger charge is -2.31. The number of hydrogen-bond acceptors (Lipinski definition) is 4. The summed E-state index contributed by atoms with van der Waals surface area (Å²) < 4.78 is 35.4. The second-order valence-corrected chi connectivity index (χ2v) is 7.93. The Morgan fingerprint density at radius 2 is 1.84 bits per heavy atom. The Morgan fingerprint density at radius 3 is 2.53 bits per heavy atom. The van der Waals surface area contributed by atoms with E-state index >= 15 is 0 Å². The smallest absolute Gasteiger partial charge is 0.174 e. The predicted molar refractivity (Wildman–Crippen MR) is 69.4 cm³/mol. The lowest BCUT2D eigenvalue weighted by molar-refractivity contribution is -0.181. The van der Waals surface area contributed by atoms with Gasteiger partial charge in [-0.1, -0.05) is 30.3 Å². The predicted octanol–water partition coefficient (Wildman–Crippen LogP) is 1.16. The zero-order valence-electron chi connectivity index (χ0n) is 10.5. The van der Waals surface area contributed by atoms with E-state index in [-0.39, 0.29) is 16.4 Å². The maximum absolute atomic E-state index is 11.9. The summed E-state index contributed by atoms with van der Waals surface area (Å²) in [5.41, 5.74) is 1.15. The van der Waals surface area contributed by atoms with Gasteiger partial charge in [-0.25, -0.2) is 8.42 Å². The van der Waals surface area contributed by atoms with E-state index in [1.165, 1.54) is 0 Å². The zero-order chi connectivity index (χ0) is 13.1. The molecule has 2 heterocycles. The molecule has 0 radical (unpaired) electrons. The molecule has 1 saturated carbocycles. The van der Waals surface area contributed by atoms with Gasteiger partial charge in [0.25, 0.3) is 0 Å². The molecular weight excluding hydrogens is 264 g/mol.